The predicted molar refractivity (Wildman–Crippen MR) is 330 cm³/mol. The Bertz CT molecular complexity index is 3830. The zero-order valence-corrected chi connectivity index (χ0v) is 52.9. The van der Waals surface area contributed by atoms with Crippen molar-refractivity contribution >= 4 is 80.9 Å². The molecular formula is C59H69N9O15P2SSi. The number of rotatable bonds is 23. The van der Waals surface area contributed by atoms with Gasteiger partial charge in [0.05, 0.1) is 45.3 Å². The van der Waals surface area contributed by atoms with E-state index in [1.807, 2.05) is 84.9 Å². The fraction of sp³-hybridized carbons (Fsp3) is 0.373. The van der Waals surface area contributed by atoms with E-state index in [1.165, 1.54) is 17.2 Å². The van der Waals surface area contributed by atoms with E-state index in [-0.39, 0.29) is 41.9 Å². The van der Waals surface area contributed by atoms with Crippen LogP contribution in [0, 0.1) is 5.92 Å². The molecule has 2 aliphatic heterocycles. The van der Waals surface area contributed by atoms with Crippen molar-refractivity contribution in [3.8, 4) is 11.5 Å². The molecule has 9 atom stereocenters. The van der Waals surface area contributed by atoms with Crippen LogP contribution in [0.15, 0.2) is 139 Å². The number of methoxy groups -OCH3 is 2. The molecular weight excluding hydrogens is 1200 g/mol. The standard InChI is InChI=1S/C59H69N9O15P2SSi/c1-35(2)52(69)65-57-64-51-46(54(71)66-57)62-34-68(51)55-44(81-84(72)73)30-42(79-55)31-78-85(74,86)82-47-45(32-77-59(37-18-14-11-15-19-37,38-20-24-40(75-6)25-21-38)39-22-26-41(76-7)27-23-39)80-56(48(47)83-87(8,9)58(3,4)5)67-29-28-43-49(60-33-61-50(43)67)63-53(70)36-16-12-10-13-17-36/h10-29,33-35,42,44-45,47-48,55-56,84H,30-32H2,1-9H3,(H,72,73)(H,74,86)(H,60,61,63,70)(H2,64,65,66,69,71)/t42-,44+,45+,47+,48+,55+,56+,85?/m0/s1. The minimum absolute atomic E-state index is 0.0200. The average molecular weight is 1270 g/mol. The number of nitrogens with one attached hydrogen (secondary N) is 3. The van der Waals surface area contributed by atoms with E-state index in [0.717, 1.165) is 16.7 Å². The Morgan fingerprint density at radius 1 is 0.828 bits per heavy atom. The molecule has 0 spiro atoms. The van der Waals surface area contributed by atoms with Gasteiger partial charge in [-0.15, -0.1) is 0 Å². The molecule has 2 fully saturated rings. The van der Waals surface area contributed by atoms with Crippen molar-refractivity contribution in [3.63, 3.8) is 0 Å². The van der Waals surface area contributed by atoms with Crippen LogP contribution in [0.4, 0.5) is 11.8 Å². The van der Waals surface area contributed by atoms with Crippen molar-refractivity contribution in [2.45, 2.75) is 108 Å². The zero-order valence-electron chi connectivity index (χ0n) is 49.2. The Morgan fingerprint density at radius 3 is 2.07 bits per heavy atom. The molecule has 0 radical (unpaired) electrons. The third kappa shape index (κ3) is 13.6. The quantitative estimate of drug-likeness (QED) is 0.0226. The minimum atomic E-state index is -4.46. The van der Waals surface area contributed by atoms with Crippen molar-refractivity contribution in [1.29, 1.82) is 0 Å². The summed E-state index contributed by atoms with van der Waals surface area (Å²) in [5.41, 5.74) is 0.842. The molecule has 2 aliphatic rings. The van der Waals surface area contributed by atoms with E-state index in [9.17, 15) is 28.7 Å². The van der Waals surface area contributed by atoms with Crippen molar-refractivity contribution in [3.05, 3.63) is 167 Å². The molecule has 87 heavy (non-hydrogen) atoms. The summed E-state index contributed by atoms with van der Waals surface area (Å²) in [6.45, 7) is 8.62. The Kier molecular flexibility index (Phi) is 18.9. The number of aromatic nitrogens is 7. The maximum Gasteiger partial charge on any atom is 0.325 e. The van der Waals surface area contributed by atoms with Gasteiger partial charge >= 0.3 is 15.0 Å². The highest BCUT2D eigenvalue weighted by atomic mass is 32.5. The van der Waals surface area contributed by atoms with Gasteiger partial charge in [-0.25, -0.2) is 15.0 Å². The summed E-state index contributed by atoms with van der Waals surface area (Å²) >= 11 is 5.96. The summed E-state index contributed by atoms with van der Waals surface area (Å²) in [6.07, 6.45) is -3.59. The van der Waals surface area contributed by atoms with Crippen LogP contribution in [0.25, 0.3) is 22.2 Å². The molecule has 2 saturated heterocycles. The highest BCUT2D eigenvalue weighted by molar-refractivity contribution is 8.07. The Balaban J connectivity index is 1.03. The van der Waals surface area contributed by atoms with Gasteiger partial charge in [-0.2, -0.15) is 4.98 Å². The van der Waals surface area contributed by atoms with Gasteiger partial charge in [0.1, 0.15) is 59.3 Å². The highest BCUT2D eigenvalue weighted by Crippen LogP contribution is 2.53. The molecule has 0 aliphatic carbocycles. The van der Waals surface area contributed by atoms with E-state index < -0.39 is 101 Å². The molecule has 2 unspecified atom stereocenters. The van der Waals surface area contributed by atoms with Crippen molar-refractivity contribution < 1.29 is 65.6 Å². The molecule has 4 aromatic heterocycles. The number of fused-ring (bicyclic) bond motifs is 2. The largest absolute Gasteiger partial charge is 0.497 e. The Morgan fingerprint density at radius 2 is 1.46 bits per heavy atom. The van der Waals surface area contributed by atoms with Crippen LogP contribution in [0.3, 0.4) is 0 Å². The maximum atomic E-state index is 13.6. The van der Waals surface area contributed by atoms with E-state index >= 15 is 0 Å². The van der Waals surface area contributed by atoms with Gasteiger partial charge in [-0.3, -0.25) is 38.3 Å². The molecule has 28 heteroatoms. The molecule has 0 saturated carbocycles. The normalized spacial score (nSPS) is 21.0. The lowest BCUT2D eigenvalue weighted by Gasteiger charge is -2.41. The summed E-state index contributed by atoms with van der Waals surface area (Å²) in [7, 11) is -3.30. The van der Waals surface area contributed by atoms with Crippen molar-refractivity contribution in [2.75, 3.05) is 38.1 Å². The molecule has 5 N–H and O–H groups in total. The first-order valence-electron chi connectivity index (χ1n) is 28.0. The Labute approximate surface area is 508 Å². The van der Waals surface area contributed by atoms with E-state index in [2.05, 4.69) is 64.4 Å². The molecule has 0 bridgehead atoms. The van der Waals surface area contributed by atoms with Gasteiger partial charge in [-0.05, 0) is 89.1 Å². The van der Waals surface area contributed by atoms with Crippen LogP contribution >= 0.6 is 15.0 Å². The number of aromatic amines is 1. The van der Waals surface area contributed by atoms with Crippen LogP contribution in [-0.4, -0.2) is 122 Å². The van der Waals surface area contributed by atoms with Crippen LogP contribution in [0.2, 0.25) is 18.1 Å². The second-order valence-electron chi connectivity index (χ2n) is 22.7. The minimum Gasteiger partial charge on any atom is -0.497 e. The van der Waals surface area contributed by atoms with Gasteiger partial charge < -0.3 is 56.8 Å². The number of imidazole rings is 1. The predicted octanol–water partition coefficient (Wildman–Crippen LogP) is 9.40. The van der Waals surface area contributed by atoms with Crippen LogP contribution in [-0.2, 0) is 59.0 Å². The molecule has 8 aromatic rings. The molecule has 4 aromatic carbocycles. The summed E-state index contributed by atoms with van der Waals surface area (Å²) in [4.78, 5) is 82.4. The van der Waals surface area contributed by atoms with Crippen molar-refractivity contribution in [1.82, 2.24) is 34.1 Å². The molecule has 460 valence electrons. The fourth-order valence-corrected chi connectivity index (χ4v) is 13.5. The lowest BCUT2D eigenvalue weighted by molar-refractivity contribution is -0.118. The van der Waals surface area contributed by atoms with E-state index in [4.69, 9.17) is 58.5 Å². The lowest BCUT2D eigenvalue weighted by atomic mass is 9.80. The number of amides is 2. The molecule has 2 amide bonds. The number of carbonyl (C=O) groups is 2. The van der Waals surface area contributed by atoms with Gasteiger partial charge in [0.25, 0.3) is 11.5 Å². The second-order valence-corrected chi connectivity index (χ2v) is 31.1. The van der Waals surface area contributed by atoms with E-state index in [1.54, 1.807) is 69.2 Å². The van der Waals surface area contributed by atoms with Gasteiger partial charge in [0.15, 0.2) is 31.9 Å². The zero-order chi connectivity index (χ0) is 62.0. The number of H-pyrrole nitrogens is 1. The number of nitrogens with zero attached hydrogens (tertiary/aromatic N) is 6. The molecule has 10 rings (SSSR count). The topological polar surface area (TPSA) is 293 Å². The van der Waals surface area contributed by atoms with E-state index in [0.29, 0.717) is 28.1 Å². The third-order valence-corrected chi connectivity index (χ3v) is 22.3. The first kappa shape index (κ1) is 63.2. The maximum absolute atomic E-state index is 13.6. The molecule has 24 nitrogen and oxygen atoms in total. The number of carbonyl (C=O) groups excluding carboxylic acids is 2. The van der Waals surface area contributed by atoms with Gasteiger partial charge in [0.2, 0.25) is 11.9 Å². The summed E-state index contributed by atoms with van der Waals surface area (Å²) < 4.78 is 73.9. The number of benzene rings is 4. The molecule has 6 heterocycles. The number of anilines is 2. The van der Waals surface area contributed by atoms with Crippen molar-refractivity contribution in [2.24, 2.45) is 5.92 Å². The first-order valence-corrected chi connectivity index (χ1v) is 34.7. The highest BCUT2D eigenvalue weighted by Gasteiger charge is 2.55. The Hall–Kier alpha value is -6.87. The average Bonchev–Trinajstić information content (AvgIpc) is 1.85. The number of hydrogen-bond donors (Lipinski definition) is 5. The van der Waals surface area contributed by atoms with Crippen LogP contribution < -0.4 is 25.7 Å². The number of ether oxygens (including phenoxy) is 5. The van der Waals surface area contributed by atoms with Crippen LogP contribution in [0.5, 0.6) is 11.5 Å². The van der Waals surface area contributed by atoms with Gasteiger partial charge in [-0.1, -0.05) is 107 Å². The monoisotopic (exact) mass is 1270 g/mol. The smallest absolute Gasteiger partial charge is 0.325 e. The summed E-state index contributed by atoms with van der Waals surface area (Å²) in [6, 6.07) is 35.3. The summed E-state index contributed by atoms with van der Waals surface area (Å²) in [5, 5.41) is 5.60. The second kappa shape index (κ2) is 26.1. The fourth-order valence-electron chi connectivity index (χ4n) is 10.3. The van der Waals surface area contributed by atoms with Crippen LogP contribution in [0.1, 0.15) is 80.5 Å². The lowest BCUT2D eigenvalue weighted by Crippen LogP contribution is -2.49. The third-order valence-electron chi connectivity index (χ3n) is 15.8. The SMILES string of the molecule is COc1ccc(C(OC[C@H]2O[C@@H](n3ccc4c(NC(=O)c5ccccc5)ncnc43)[C@H](O[Si](C)(C)C(C)(C)C)[C@@H]2OP(O)(=S)OC[C@@H]2C[C@@H](O[PH](=O)O)[C@H](n3cnc4c(=O)[nH]c(NC(=O)C(C)C)nc43)O2)(c2ccccc2)c2ccc(OC)cc2)cc1. The van der Waals surface area contributed by atoms with Gasteiger partial charge in [0, 0.05) is 24.1 Å². The first-order chi connectivity index (χ1) is 41.5. The number of hydrogen-bond acceptors (Lipinski definition) is 18. The summed E-state index contributed by atoms with van der Waals surface area (Å²) in [5.74, 6) is 0.0890.